The van der Waals surface area contributed by atoms with Crippen molar-refractivity contribution < 1.29 is 0 Å². The van der Waals surface area contributed by atoms with Crippen LogP contribution in [0.3, 0.4) is 0 Å². The van der Waals surface area contributed by atoms with Crippen molar-refractivity contribution in [2.45, 2.75) is 20.3 Å². The van der Waals surface area contributed by atoms with Crippen molar-refractivity contribution in [2.24, 2.45) is 0 Å². The number of nitrogens with zero attached hydrogens (tertiary/aromatic N) is 3. The van der Waals surface area contributed by atoms with Crippen LogP contribution in [0.1, 0.15) is 19.5 Å². The average molecular weight is 149 g/mol. The largest absolute Gasteiger partial charge is 0.220 e. The molecule has 3 heteroatoms. The second kappa shape index (κ2) is 3.74. The highest BCUT2D eigenvalue weighted by Crippen LogP contribution is 1.92. The lowest BCUT2D eigenvalue weighted by Crippen LogP contribution is -1.84. The number of aryl methyl sites for hydroxylation is 1. The molecule has 0 saturated heterocycles. The van der Waals surface area contributed by atoms with Gasteiger partial charge in [-0.2, -0.15) is 0 Å². The van der Waals surface area contributed by atoms with Gasteiger partial charge in [0.2, 0.25) is 0 Å². The van der Waals surface area contributed by atoms with Gasteiger partial charge in [-0.05, 0) is 19.4 Å². The van der Waals surface area contributed by atoms with Crippen LogP contribution in [0.5, 0.6) is 0 Å². The predicted molar refractivity (Wildman–Crippen MR) is 43.9 cm³/mol. The second-order valence-electron chi connectivity index (χ2n) is 2.13. The van der Waals surface area contributed by atoms with Crippen molar-refractivity contribution in [3.8, 4) is 0 Å². The molecule has 0 aliphatic carbocycles. The van der Waals surface area contributed by atoms with E-state index in [2.05, 4.69) is 16.0 Å². The second-order valence-corrected chi connectivity index (χ2v) is 2.13. The quantitative estimate of drug-likeness (QED) is 0.596. The van der Waals surface area contributed by atoms with Gasteiger partial charge in [0.15, 0.2) is 0 Å². The van der Waals surface area contributed by atoms with E-state index in [1.807, 2.05) is 26.1 Å². The Morgan fingerprint density at radius 1 is 1.73 bits per heavy atom. The molecule has 0 amide bonds. The molecule has 0 bridgehead atoms. The fourth-order valence-electron chi connectivity index (χ4n) is 0.689. The van der Waals surface area contributed by atoms with Crippen molar-refractivity contribution in [2.75, 3.05) is 0 Å². The van der Waals surface area contributed by atoms with Crippen molar-refractivity contribution in [1.82, 2.24) is 15.0 Å². The fraction of sp³-hybridized carbons (Fsp3) is 0.375. The smallest absolute Gasteiger partial charge is 0.0829 e. The Balaban J connectivity index is 2.81. The lowest BCUT2D eigenvalue weighted by molar-refractivity contribution is 0.832. The Morgan fingerprint density at radius 3 is 3.09 bits per heavy atom. The highest BCUT2D eigenvalue weighted by atomic mass is 15.4. The third-order valence-electron chi connectivity index (χ3n) is 1.29. The molecular weight excluding hydrogens is 138 g/mol. The molecule has 0 atom stereocenters. The molecule has 0 aromatic carbocycles. The minimum atomic E-state index is 0.920. The van der Waals surface area contributed by atoms with Crippen LogP contribution in [0.25, 0.3) is 6.20 Å². The van der Waals surface area contributed by atoms with Crippen LogP contribution >= 0.6 is 0 Å². The summed E-state index contributed by atoms with van der Waals surface area (Å²) in [5.74, 6) is 0. The molecule has 58 valence electrons. The van der Waals surface area contributed by atoms with Gasteiger partial charge in [0.05, 0.1) is 18.1 Å². The number of hydrogen-bond donors (Lipinski definition) is 0. The van der Waals surface area contributed by atoms with Gasteiger partial charge in [-0.1, -0.05) is 12.1 Å². The van der Waals surface area contributed by atoms with Gasteiger partial charge < -0.3 is 0 Å². The van der Waals surface area contributed by atoms with Crippen LogP contribution in [0, 0.1) is 0 Å². The summed E-state index contributed by atoms with van der Waals surface area (Å²) < 4.78 is 1.65. The Morgan fingerprint density at radius 2 is 2.55 bits per heavy atom. The number of rotatable bonds is 2. The zero-order valence-electron chi connectivity index (χ0n) is 6.78. The summed E-state index contributed by atoms with van der Waals surface area (Å²) in [5.41, 5.74) is 3.91. The third-order valence-corrected chi connectivity index (χ3v) is 1.29. The number of aromatic nitrogens is 3. The van der Waals surface area contributed by atoms with Crippen LogP contribution in [0.2, 0.25) is 0 Å². The third kappa shape index (κ3) is 2.06. The summed E-state index contributed by atoms with van der Waals surface area (Å²) in [6.45, 7) is 3.96. The molecule has 3 nitrogen and oxygen atoms in total. The molecular formula is C8H11N3. The minimum absolute atomic E-state index is 0.920. The zero-order valence-corrected chi connectivity index (χ0v) is 6.78. The molecule has 0 N–H and O–H groups in total. The molecule has 0 radical (unpaired) electrons. The van der Waals surface area contributed by atoms with Crippen molar-refractivity contribution in [3.63, 3.8) is 0 Å². The Bertz CT molecular complexity index is 279. The van der Waals surface area contributed by atoms with E-state index in [9.17, 15) is 0 Å². The molecule has 0 aliphatic rings. The topological polar surface area (TPSA) is 30.7 Å². The van der Waals surface area contributed by atoms with E-state index in [1.54, 1.807) is 10.9 Å². The molecule has 1 aromatic rings. The summed E-state index contributed by atoms with van der Waals surface area (Å²) in [6, 6.07) is 0. The number of hydrogen-bond acceptors (Lipinski definition) is 2. The summed E-state index contributed by atoms with van der Waals surface area (Å²) in [7, 11) is 0. The van der Waals surface area contributed by atoms with Gasteiger partial charge in [-0.25, -0.2) is 4.68 Å². The lowest BCUT2D eigenvalue weighted by Gasteiger charge is -1.81. The molecule has 0 spiro atoms. The van der Waals surface area contributed by atoms with E-state index in [4.69, 9.17) is 0 Å². The van der Waals surface area contributed by atoms with Gasteiger partial charge in [0.25, 0.3) is 0 Å². The highest BCUT2D eigenvalue weighted by molar-refractivity contribution is 5.18. The molecule has 1 aromatic heterocycles. The van der Waals surface area contributed by atoms with E-state index in [-0.39, 0.29) is 0 Å². The first kappa shape index (κ1) is 7.76. The summed E-state index contributed by atoms with van der Waals surface area (Å²) >= 11 is 0. The van der Waals surface area contributed by atoms with Crippen LogP contribution < -0.4 is 0 Å². The van der Waals surface area contributed by atoms with Crippen LogP contribution in [0.15, 0.2) is 18.0 Å². The molecule has 0 unspecified atom stereocenters. The predicted octanol–water partition coefficient (Wildman–Crippen LogP) is 1.49. The zero-order chi connectivity index (χ0) is 8.10. The summed E-state index contributed by atoms with van der Waals surface area (Å²) in [6.07, 6.45) is 6.37. The van der Waals surface area contributed by atoms with Crippen LogP contribution in [-0.2, 0) is 6.42 Å². The van der Waals surface area contributed by atoms with Gasteiger partial charge in [0, 0.05) is 0 Å². The molecule has 0 fully saturated rings. The SMILES string of the molecule is CC=C=Cn1cc(CC)nn1. The van der Waals surface area contributed by atoms with Gasteiger partial charge in [0.1, 0.15) is 0 Å². The van der Waals surface area contributed by atoms with E-state index in [1.165, 1.54) is 0 Å². The minimum Gasteiger partial charge on any atom is -0.220 e. The monoisotopic (exact) mass is 149 g/mol. The maximum Gasteiger partial charge on any atom is 0.0829 e. The first-order chi connectivity index (χ1) is 5.36. The Labute approximate surface area is 66.0 Å². The molecule has 0 saturated carbocycles. The molecule has 1 rings (SSSR count). The maximum absolute atomic E-state index is 3.92. The van der Waals surface area contributed by atoms with E-state index in [0.29, 0.717) is 0 Å². The van der Waals surface area contributed by atoms with Crippen LogP contribution in [-0.4, -0.2) is 15.0 Å². The molecule has 1 heterocycles. The van der Waals surface area contributed by atoms with Gasteiger partial charge >= 0.3 is 0 Å². The highest BCUT2D eigenvalue weighted by Gasteiger charge is 1.92. The van der Waals surface area contributed by atoms with Gasteiger partial charge in [-0.15, -0.1) is 10.8 Å². The Hall–Kier alpha value is -1.34. The first-order valence-electron chi connectivity index (χ1n) is 3.64. The Kier molecular flexibility index (Phi) is 2.64. The molecule has 11 heavy (non-hydrogen) atoms. The van der Waals surface area contributed by atoms with Crippen molar-refractivity contribution >= 4 is 6.20 Å². The fourth-order valence-corrected chi connectivity index (χ4v) is 0.689. The van der Waals surface area contributed by atoms with E-state index in [0.717, 1.165) is 12.1 Å². The van der Waals surface area contributed by atoms with E-state index < -0.39 is 0 Å². The lowest BCUT2D eigenvalue weighted by atomic mass is 10.4. The summed E-state index contributed by atoms with van der Waals surface area (Å²) in [5, 5.41) is 7.77. The normalized spacial score (nSPS) is 8.91. The number of allylic oxidation sites excluding steroid dienone is 1. The van der Waals surface area contributed by atoms with Crippen LogP contribution in [0.4, 0.5) is 0 Å². The van der Waals surface area contributed by atoms with Gasteiger partial charge in [-0.3, -0.25) is 0 Å². The van der Waals surface area contributed by atoms with Crippen molar-refractivity contribution in [3.05, 3.63) is 23.7 Å². The first-order valence-corrected chi connectivity index (χ1v) is 3.64. The summed E-state index contributed by atoms with van der Waals surface area (Å²) in [4.78, 5) is 0. The van der Waals surface area contributed by atoms with Crippen molar-refractivity contribution in [1.29, 1.82) is 0 Å². The standard InChI is InChI=1S/C8H11N3/c1-3-5-6-11-7-8(4-2)9-10-11/h3,6-7H,4H2,1-2H3. The maximum atomic E-state index is 3.92. The van der Waals surface area contributed by atoms with E-state index >= 15 is 0 Å². The molecule has 0 aliphatic heterocycles. The average Bonchev–Trinajstić information content (AvgIpc) is 2.48.